The number of fused-ring (bicyclic) bond motifs is 3. The van der Waals surface area contributed by atoms with Gasteiger partial charge in [0, 0.05) is 43.8 Å². The Balaban J connectivity index is 1.78. The Morgan fingerprint density at radius 1 is 1.16 bits per heavy atom. The molecule has 10 nitrogen and oxygen atoms in total. The van der Waals surface area contributed by atoms with Crippen molar-refractivity contribution in [1.82, 2.24) is 29.5 Å². The first-order valence-corrected chi connectivity index (χ1v) is 12.5. The summed E-state index contributed by atoms with van der Waals surface area (Å²) in [5.41, 5.74) is 5.60. The molecule has 0 spiro atoms. The molecule has 38 heavy (non-hydrogen) atoms. The van der Waals surface area contributed by atoms with Crippen molar-refractivity contribution in [3.8, 4) is 11.1 Å². The van der Waals surface area contributed by atoms with Crippen LogP contribution in [0.25, 0.3) is 33.2 Å². The number of nitrogens with zero attached hydrogens (tertiary/aromatic N) is 6. The van der Waals surface area contributed by atoms with Crippen LogP contribution in [0.4, 0.5) is 4.39 Å². The topological polar surface area (TPSA) is 121 Å². The zero-order chi connectivity index (χ0) is 26.7. The molecule has 1 saturated heterocycles. The molecule has 0 radical (unpaired) electrons. The molecule has 0 aromatic carbocycles. The lowest BCUT2D eigenvalue weighted by atomic mass is 9.88. The molecular formula is C27H27FN6O4. The molecule has 0 unspecified atom stereocenters. The van der Waals surface area contributed by atoms with Gasteiger partial charge in [-0.25, -0.2) is 9.18 Å². The van der Waals surface area contributed by atoms with Crippen LogP contribution in [-0.2, 0) is 11.8 Å². The van der Waals surface area contributed by atoms with Crippen molar-refractivity contribution in [3.63, 3.8) is 0 Å². The molecule has 1 N–H and O–H groups in total. The summed E-state index contributed by atoms with van der Waals surface area (Å²) >= 11 is 0. The molecular weight excluding hydrogens is 491 g/mol. The normalized spacial score (nSPS) is 15.5. The molecule has 0 saturated carbocycles. The summed E-state index contributed by atoms with van der Waals surface area (Å²) in [5, 5.41) is 18.6. The number of carbonyl (C=O) groups is 1. The fourth-order valence-electron chi connectivity index (χ4n) is 5.92. The highest BCUT2D eigenvalue weighted by Crippen LogP contribution is 2.44. The van der Waals surface area contributed by atoms with Gasteiger partial charge in [0.15, 0.2) is 5.69 Å². The summed E-state index contributed by atoms with van der Waals surface area (Å²) in [4.78, 5) is 21.7. The van der Waals surface area contributed by atoms with Crippen LogP contribution < -0.4 is 0 Å². The van der Waals surface area contributed by atoms with Gasteiger partial charge in [0.25, 0.3) is 0 Å². The molecule has 0 aliphatic carbocycles. The Morgan fingerprint density at radius 2 is 1.92 bits per heavy atom. The minimum atomic E-state index is -1.17. The highest BCUT2D eigenvalue weighted by molar-refractivity contribution is 6.12. The molecule has 1 aliphatic rings. The Kier molecular flexibility index (Phi) is 5.75. The van der Waals surface area contributed by atoms with Gasteiger partial charge >= 0.3 is 5.97 Å². The number of carboxylic acids is 1. The van der Waals surface area contributed by atoms with E-state index in [4.69, 9.17) is 14.2 Å². The number of rotatable bonds is 5. The first kappa shape index (κ1) is 24.2. The van der Waals surface area contributed by atoms with E-state index in [-0.39, 0.29) is 17.3 Å². The highest BCUT2D eigenvalue weighted by atomic mass is 19.1. The van der Waals surface area contributed by atoms with E-state index in [0.29, 0.717) is 53.9 Å². The van der Waals surface area contributed by atoms with Gasteiger partial charge in [0.05, 0.1) is 22.9 Å². The minimum Gasteiger partial charge on any atom is -0.476 e. The Bertz CT molecular complexity index is 1690. The number of halogens is 1. The Labute approximate surface area is 217 Å². The van der Waals surface area contributed by atoms with Crippen molar-refractivity contribution in [2.75, 3.05) is 13.2 Å². The van der Waals surface area contributed by atoms with E-state index in [9.17, 15) is 9.90 Å². The summed E-state index contributed by atoms with van der Waals surface area (Å²) in [5.74, 6) is -1.03. The van der Waals surface area contributed by atoms with E-state index in [0.717, 1.165) is 22.4 Å². The monoisotopic (exact) mass is 518 g/mol. The second kappa shape index (κ2) is 9.02. The van der Waals surface area contributed by atoms with Crippen LogP contribution in [0, 0.1) is 32.5 Å². The van der Waals surface area contributed by atoms with Crippen LogP contribution >= 0.6 is 0 Å². The van der Waals surface area contributed by atoms with Gasteiger partial charge in [-0.05, 0) is 57.2 Å². The van der Waals surface area contributed by atoms with E-state index in [1.807, 2.05) is 25.3 Å². The zero-order valence-electron chi connectivity index (χ0n) is 21.5. The standard InChI is InChI=1S/C27H27FN6O4/c1-13-17(19-14(2)32-38-15(19)3)12-30-21-23(13)34(26-22(27(35)36)31-33(4)25(21)26)24(16-7-10-37-11-8-16)20-18(28)6-5-9-29-20/h5-6,9,12,16,24H,7-8,10-11H2,1-4H3,(H,35,36)/t24-/m0/s1. The lowest BCUT2D eigenvalue weighted by Gasteiger charge is -2.32. The highest BCUT2D eigenvalue weighted by Gasteiger charge is 2.36. The van der Waals surface area contributed by atoms with Crippen molar-refractivity contribution >= 4 is 28.0 Å². The molecule has 6 heterocycles. The number of carboxylic acid groups (broad SMARTS) is 1. The van der Waals surface area contributed by atoms with Crippen LogP contribution in [0.3, 0.4) is 0 Å². The summed E-state index contributed by atoms with van der Waals surface area (Å²) in [6, 6.07) is 2.33. The number of aryl methyl sites for hydroxylation is 4. The van der Waals surface area contributed by atoms with Crippen LogP contribution in [-0.4, -0.2) is 53.8 Å². The quantitative estimate of drug-likeness (QED) is 0.354. The van der Waals surface area contributed by atoms with Gasteiger partial charge in [-0.1, -0.05) is 5.16 Å². The molecule has 11 heteroatoms. The number of pyridine rings is 2. The van der Waals surface area contributed by atoms with Crippen LogP contribution in [0.2, 0.25) is 0 Å². The van der Waals surface area contributed by atoms with Crippen LogP contribution in [0.1, 0.15) is 52.1 Å². The van der Waals surface area contributed by atoms with Crippen molar-refractivity contribution in [2.24, 2.45) is 13.0 Å². The minimum absolute atomic E-state index is 0.0593. The van der Waals surface area contributed by atoms with E-state index in [1.165, 1.54) is 10.7 Å². The molecule has 5 aromatic rings. The van der Waals surface area contributed by atoms with Crippen molar-refractivity contribution < 1.29 is 23.6 Å². The Hall–Kier alpha value is -4.12. The van der Waals surface area contributed by atoms with Crippen molar-refractivity contribution in [3.05, 3.63) is 58.7 Å². The van der Waals surface area contributed by atoms with Crippen molar-refractivity contribution in [2.45, 2.75) is 39.7 Å². The maximum Gasteiger partial charge on any atom is 0.358 e. The molecule has 196 valence electrons. The lowest BCUT2D eigenvalue weighted by molar-refractivity contribution is 0.0541. The van der Waals surface area contributed by atoms with E-state index in [2.05, 4.69) is 15.2 Å². The zero-order valence-corrected chi connectivity index (χ0v) is 21.5. The third kappa shape index (κ3) is 3.52. The molecule has 0 amide bonds. The van der Waals surface area contributed by atoms with Gasteiger partial charge in [0.1, 0.15) is 28.1 Å². The molecule has 1 aliphatic heterocycles. The first-order valence-electron chi connectivity index (χ1n) is 12.5. The first-order chi connectivity index (χ1) is 18.3. The number of ether oxygens (including phenoxy) is 1. The maximum absolute atomic E-state index is 15.5. The fourth-order valence-corrected chi connectivity index (χ4v) is 5.92. The fraction of sp³-hybridized carbons (Fsp3) is 0.370. The summed E-state index contributed by atoms with van der Waals surface area (Å²) in [6.07, 6.45) is 4.66. The van der Waals surface area contributed by atoms with E-state index >= 15 is 4.39 Å². The average Bonchev–Trinajstić information content (AvgIpc) is 3.54. The summed E-state index contributed by atoms with van der Waals surface area (Å²) < 4.78 is 30.0. The maximum atomic E-state index is 15.5. The SMILES string of the molecule is Cc1noc(C)c1-c1cnc2c3c(c(C(=O)O)nn3C)n([C@H](c3ncccc3F)C3CCOCC3)c2c1C. The number of aromatic nitrogens is 6. The molecule has 6 rings (SSSR count). The third-order valence-corrected chi connectivity index (χ3v) is 7.60. The average molecular weight is 519 g/mol. The van der Waals surface area contributed by atoms with Gasteiger partial charge < -0.3 is 18.9 Å². The van der Waals surface area contributed by atoms with Gasteiger partial charge in [-0.3, -0.25) is 14.6 Å². The Morgan fingerprint density at radius 3 is 2.58 bits per heavy atom. The second-order valence-corrected chi connectivity index (χ2v) is 9.80. The lowest BCUT2D eigenvalue weighted by Crippen LogP contribution is -2.28. The predicted molar refractivity (Wildman–Crippen MR) is 137 cm³/mol. The third-order valence-electron chi connectivity index (χ3n) is 7.60. The number of hydrogen-bond acceptors (Lipinski definition) is 7. The van der Waals surface area contributed by atoms with E-state index in [1.54, 1.807) is 25.5 Å². The largest absolute Gasteiger partial charge is 0.476 e. The molecule has 0 bridgehead atoms. The van der Waals surface area contributed by atoms with Crippen molar-refractivity contribution in [1.29, 1.82) is 0 Å². The summed E-state index contributed by atoms with van der Waals surface area (Å²) in [7, 11) is 1.70. The predicted octanol–water partition coefficient (Wildman–Crippen LogP) is 4.75. The van der Waals surface area contributed by atoms with Crippen LogP contribution in [0.15, 0.2) is 29.0 Å². The molecule has 1 fully saturated rings. The summed E-state index contributed by atoms with van der Waals surface area (Å²) in [6.45, 7) is 6.72. The molecule has 5 aromatic heterocycles. The van der Waals surface area contributed by atoms with Gasteiger partial charge in [0.2, 0.25) is 0 Å². The number of aromatic carboxylic acids is 1. The molecule has 1 atom stereocenters. The van der Waals surface area contributed by atoms with E-state index < -0.39 is 17.8 Å². The number of hydrogen-bond donors (Lipinski definition) is 1. The van der Waals surface area contributed by atoms with Gasteiger partial charge in [-0.15, -0.1) is 0 Å². The van der Waals surface area contributed by atoms with Crippen LogP contribution in [0.5, 0.6) is 0 Å². The smallest absolute Gasteiger partial charge is 0.358 e. The second-order valence-electron chi connectivity index (χ2n) is 9.80. The van der Waals surface area contributed by atoms with Gasteiger partial charge in [-0.2, -0.15) is 5.10 Å².